The number of rotatable bonds is 2. The quantitative estimate of drug-likeness (QED) is 0.717. The Hall–Kier alpha value is -1.31. The summed E-state index contributed by atoms with van der Waals surface area (Å²) < 4.78 is 44.4. The van der Waals surface area contributed by atoms with Gasteiger partial charge < -0.3 is 15.2 Å². The highest BCUT2D eigenvalue weighted by atomic mass is 19.4. The fraction of sp³-hybridized carbons (Fsp3) is 0.818. The van der Waals surface area contributed by atoms with Crippen LogP contribution in [0.2, 0.25) is 0 Å². The fourth-order valence-electron chi connectivity index (χ4n) is 2.91. The first-order valence-electron chi connectivity index (χ1n) is 5.82. The summed E-state index contributed by atoms with van der Waals surface area (Å²) in [5.41, 5.74) is -5.42. The van der Waals surface area contributed by atoms with Gasteiger partial charge in [-0.2, -0.15) is 13.2 Å². The molecule has 19 heavy (non-hydrogen) atoms. The van der Waals surface area contributed by atoms with E-state index in [9.17, 15) is 27.9 Å². The molecule has 2 heterocycles. The van der Waals surface area contributed by atoms with Crippen LogP contribution in [0.3, 0.4) is 0 Å². The molecule has 2 N–H and O–H groups in total. The second-order valence-electron chi connectivity index (χ2n) is 5.33. The van der Waals surface area contributed by atoms with Crippen molar-refractivity contribution in [1.82, 2.24) is 5.32 Å². The monoisotopic (exact) mass is 281 g/mol. The predicted octanol–water partition coefficient (Wildman–Crippen LogP) is 0.366. The van der Waals surface area contributed by atoms with Crippen LogP contribution in [0.4, 0.5) is 13.2 Å². The van der Waals surface area contributed by atoms with Gasteiger partial charge in [0, 0.05) is 0 Å². The summed E-state index contributed by atoms with van der Waals surface area (Å²) in [7, 11) is 0. The molecule has 1 amide bonds. The van der Waals surface area contributed by atoms with Gasteiger partial charge >= 0.3 is 12.1 Å². The van der Waals surface area contributed by atoms with Crippen LogP contribution in [0.5, 0.6) is 0 Å². The van der Waals surface area contributed by atoms with E-state index < -0.39 is 47.1 Å². The molecule has 0 radical (unpaired) electrons. The minimum absolute atomic E-state index is 0.653. The second kappa shape index (κ2) is 3.62. The van der Waals surface area contributed by atoms with Gasteiger partial charge in [-0.3, -0.25) is 4.79 Å². The van der Waals surface area contributed by atoms with Crippen LogP contribution in [0.15, 0.2) is 0 Å². The number of halogens is 3. The molecule has 1 unspecified atom stereocenters. The van der Waals surface area contributed by atoms with Crippen molar-refractivity contribution < 1.29 is 32.6 Å². The van der Waals surface area contributed by atoms with Crippen molar-refractivity contribution in [2.24, 2.45) is 11.8 Å². The lowest BCUT2D eigenvalue weighted by atomic mass is 9.65. The zero-order valence-electron chi connectivity index (χ0n) is 10.5. The Kier molecular flexibility index (Phi) is 2.69. The second-order valence-corrected chi connectivity index (χ2v) is 5.33. The number of carbonyl (C=O) groups excluding carboxylic acids is 2. The minimum Gasteiger partial charge on any atom is -0.443 e. The van der Waals surface area contributed by atoms with Gasteiger partial charge in [0.2, 0.25) is 11.4 Å². The molecule has 0 aromatic heterocycles. The molecule has 2 aliphatic heterocycles. The molecule has 4 atom stereocenters. The number of amides is 1. The van der Waals surface area contributed by atoms with Crippen molar-refractivity contribution in [1.29, 1.82) is 0 Å². The molecule has 2 rings (SSSR count). The van der Waals surface area contributed by atoms with Crippen LogP contribution in [0, 0.1) is 11.8 Å². The van der Waals surface area contributed by atoms with Crippen molar-refractivity contribution in [3.05, 3.63) is 0 Å². The molecule has 0 aromatic rings. The summed E-state index contributed by atoms with van der Waals surface area (Å²) in [6.07, 6.45) is -6.63. The van der Waals surface area contributed by atoms with Gasteiger partial charge in [-0.1, -0.05) is 13.8 Å². The van der Waals surface area contributed by atoms with Gasteiger partial charge in [-0.05, 0) is 12.8 Å². The third kappa shape index (κ3) is 1.30. The molecule has 108 valence electrons. The number of aliphatic hydroxyl groups excluding tert-OH is 1. The van der Waals surface area contributed by atoms with E-state index in [1.54, 1.807) is 0 Å². The first kappa shape index (κ1) is 14.1. The van der Waals surface area contributed by atoms with E-state index in [2.05, 4.69) is 4.74 Å². The molecule has 2 saturated heterocycles. The largest absolute Gasteiger partial charge is 0.443 e. The van der Waals surface area contributed by atoms with Crippen LogP contribution < -0.4 is 5.32 Å². The SMILES string of the molecule is CC(C)[C@H](O)[C@@]12NC(=O)C(C)[C@]1(C(F)(F)F)OC2=O. The van der Waals surface area contributed by atoms with E-state index in [0.717, 1.165) is 6.92 Å². The highest BCUT2D eigenvalue weighted by Crippen LogP contribution is 2.59. The molecule has 0 spiro atoms. The zero-order valence-corrected chi connectivity index (χ0v) is 10.5. The van der Waals surface area contributed by atoms with E-state index in [4.69, 9.17) is 0 Å². The van der Waals surface area contributed by atoms with Crippen LogP contribution in [0.1, 0.15) is 20.8 Å². The van der Waals surface area contributed by atoms with E-state index in [-0.39, 0.29) is 0 Å². The molecule has 0 aliphatic carbocycles. The molecule has 8 heteroatoms. The highest BCUT2D eigenvalue weighted by molar-refractivity contribution is 6.02. The summed E-state index contributed by atoms with van der Waals surface area (Å²) >= 11 is 0. The van der Waals surface area contributed by atoms with Gasteiger partial charge in [-0.25, -0.2) is 4.79 Å². The molecule has 0 aromatic carbocycles. The molecular formula is C11H14F3NO4. The number of ether oxygens (including phenoxy) is 1. The third-order valence-corrected chi connectivity index (χ3v) is 3.98. The third-order valence-electron chi connectivity index (χ3n) is 3.98. The Morgan fingerprint density at radius 2 is 1.89 bits per heavy atom. The lowest BCUT2D eigenvalue weighted by Crippen LogP contribution is -2.85. The van der Waals surface area contributed by atoms with E-state index in [0.29, 0.717) is 0 Å². The van der Waals surface area contributed by atoms with Crippen molar-refractivity contribution >= 4 is 11.9 Å². The van der Waals surface area contributed by atoms with E-state index in [1.807, 2.05) is 5.32 Å². The van der Waals surface area contributed by atoms with Gasteiger partial charge in [0.25, 0.3) is 5.60 Å². The number of alkyl halides is 3. The van der Waals surface area contributed by atoms with Crippen molar-refractivity contribution in [3.8, 4) is 0 Å². The van der Waals surface area contributed by atoms with Crippen LogP contribution in [-0.2, 0) is 14.3 Å². The zero-order chi connectivity index (χ0) is 14.8. The molecule has 0 saturated carbocycles. The number of esters is 1. The van der Waals surface area contributed by atoms with Gasteiger partial charge in [-0.15, -0.1) is 0 Å². The highest BCUT2D eigenvalue weighted by Gasteiger charge is 2.89. The maximum atomic E-state index is 13.3. The maximum absolute atomic E-state index is 13.3. The summed E-state index contributed by atoms with van der Waals surface area (Å²) in [5, 5.41) is 12.0. The summed E-state index contributed by atoms with van der Waals surface area (Å²) in [5.74, 6) is -4.45. The summed E-state index contributed by atoms with van der Waals surface area (Å²) in [6, 6.07) is 0. The maximum Gasteiger partial charge on any atom is 0.432 e. The number of aliphatic hydroxyl groups is 1. The number of nitrogens with one attached hydrogen (secondary N) is 1. The van der Waals surface area contributed by atoms with E-state index >= 15 is 0 Å². The lowest BCUT2D eigenvalue weighted by Gasteiger charge is -2.55. The Labute approximate surface area is 107 Å². The van der Waals surface area contributed by atoms with Gasteiger partial charge in [0.15, 0.2) is 0 Å². The smallest absolute Gasteiger partial charge is 0.432 e. The Morgan fingerprint density at radius 3 is 2.26 bits per heavy atom. The van der Waals surface area contributed by atoms with Gasteiger partial charge in [0.05, 0.1) is 12.0 Å². The van der Waals surface area contributed by atoms with Crippen LogP contribution in [-0.4, -0.2) is 40.4 Å². The first-order valence-corrected chi connectivity index (χ1v) is 5.82. The van der Waals surface area contributed by atoms with Crippen LogP contribution in [0.25, 0.3) is 0 Å². The normalized spacial score (nSPS) is 39.5. The molecule has 5 nitrogen and oxygen atoms in total. The first-order chi connectivity index (χ1) is 8.52. The molecule has 0 bridgehead atoms. The van der Waals surface area contributed by atoms with Crippen molar-refractivity contribution in [3.63, 3.8) is 0 Å². The Balaban J connectivity index is 2.62. The number of hydrogen-bond acceptors (Lipinski definition) is 4. The summed E-state index contributed by atoms with van der Waals surface area (Å²) in [4.78, 5) is 23.2. The molecular weight excluding hydrogens is 267 g/mol. The van der Waals surface area contributed by atoms with Crippen LogP contribution >= 0.6 is 0 Å². The number of hydrogen-bond donors (Lipinski definition) is 2. The summed E-state index contributed by atoms with van der Waals surface area (Å²) in [6.45, 7) is 3.95. The topological polar surface area (TPSA) is 75.6 Å². The van der Waals surface area contributed by atoms with E-state index in [1.165, 1.54) is 13.8 Å². The van der Waals surface area contributed by atoms with Gasteiger partial charge in [0.1, 0.15) is 0 Å². The average Bonchev–Trinajstić information content (AvgIpc) is 2.45. The van der Waals surface area contributed by atoms with Crippen molar-refractivity contribution in [2.45, 2.75) is 44.2 Å². The number of carbonyl (C=O) groups is 2. The predicted molar refractivity (Wildman–Crippen MR) is 55.8 cm³/mol. The fourth-order valence-corrected chi connectivity index (χ4v) is 2.91. The molecule has 2 aliphatic rings. The average molecular weight is 281 g/mol. The minimum atomic E-state index is -4.95. The van der Waals surface area contributed by atoms with Crippen molar-refractivity contribution in [2.75, 3.05) is 0 Å². The Morgan fingerprint density at radius 1 is 1.37 bits per heavy atom. The standard InChI is InChI=1S/C11H14F3NO4/c1-4(2)6(16)9-8(18)19-10(9,11(12,13)14)5(3)7(17)15-9/h4-6,16H,1-3H3,(H,15,17)/t5?,6-,9-,10-/m0/s1. The Bertz CT molecular complexity index is 450. The lowest BCUT2D eigenvalue weighted by molar-refractivity contribution is -0.346. The molecule has 2 fully saturated rings. The number of fused-ring (bicyclic) bond motifs is 1.